The second kappa shape index (κ2) is 4.53. The van der Waals surface area contributed by atoms with Gasteiger partial charge in [-0.25, -0.2) is 0 Å². The lowest BCUT2D eigenvalue weighted by atomic mass is 9.93. The van der Waals surface area contributed by atoms with Crippen LogP contribution in [0.5, 0.6) is 0 Å². The zero-order valence-electron chi connectivity index (χ0n) is 11.2. The van der Waals surface area contributed by atoms with Crippen LogP contribution in [-0.2, 0) is 0 Å². The maximum absolute atomic E-state index is 2.36. The third-order valence-corrected chi connectivity index (χ3v) is 3.82. The number of para-hydroxylation sites is 2. The second-order valence-corrected chi connectivity index (χ2v) is 5.08. The van der Waals surface area contributed by atoms with Gasteiger partial charge in [0.1, 0.15) is 0 Å². The topological polar surface area (TPSA) is 3.24 Å². The fraction of sp³-hybridized carbons (Fsp3) is 0.0526. The first-order valence-corrected chi connectivity index (χ1v) is 6.95. The van der Waals surface area contributed by atoms with Gasteiger partial charge in [0, 0.05) is 11.4 Å². The summed E-state index contributed by atoms with van der Waals surface area (Å²) in [6.45, 7) is 0. The van der Waals surface area contributed by atoms with Crippen LogP contribution in [-0.4, -0.2) is 0 Å². The molecule has 1 heteroatoms. The number of hydrogen-bond donors (Lipinski definition) is 0. The summed E-state index contributed by atoms with van der Waals surface area (Å²) in [4.78, 5) is 2.36. The molecule has 1 aliphatic carbocycles. The summed E-state index contributed by atoms with van der Waals surface area (Å²) in [5, 5.41) is 0. The van der Waals surface area contributed by atoms with Crippen molar-refractivity contribution in [2.45, 2.75) is 6.42 Å². The molecule has 0 atom stereocenters. The van der Waals surface area contributed by atoms with Gasteiger partial charge in [-0.3, -0.25) is 0 Å². The van der Waals surface area contributed by atoms with E-state index in [1.54, 1.807) is 0 Å². The van der Waals surface area contributed by atoms with Gasteiger partial charge in [0.05, 0.1) is 5.69 Å². The normalized spacial score (nSPS) is 16.1. The minimum atomic E-state index is 1.00. The number of nitrogens with zero attached hydrogens (tertiary/aromatic N) is 1. The van der Waals surface area contributed by atoms with E-state index in [0.717, 1.165) is 6.42 Å². The minimum Gasteiger partial charge on any atom is -0.310 e. The van der Waals surface area contributed by atoms with Crippen molar-refractivity contribution in [2.75, 3.05) is 4.90 Å². The summed E-state index contributed by atoms with van der Waals surface area (Å²) >= 11 is 0. The molecule has 2 aliphatic rings. The van der Waals surface area contributed by atoms with Crippen LogP contribution < -0.4 is 4.90 Å². The molecule has 4 rings (SSSR count). The van der Waals surface area contributed by atoms with E-state index in [0.29, 0.717) is 0 Å². The van der Waals surface area contributed by atoms with Crippen molar-refractivity contribution in [2.24, 2.45) is 0 Å². The minimum absolute atomic E-state index is 1.00. The van der Waals surface area contributed by atoms with Crippen molar-refractivity contribution in [1.29, 1.82) is 0 Å². The van der Waals surface area contributed by atoms with E-state index < -0.39 is 0 Å². The first-order valence-electron chi connectivity index (χ1n) is 6.95. The molecule has 0 radical (unpaired) electrons. The zero-order chi connectivity index (χ0) is 13.4. The average molecular weight is 257 g/mol. The van der Waals surface area contributed by atoms with Crippen molar-refractivity contribution in [3.8, 4) is 0 Å². The third kappa shape index (κ3) is 1.71. The molecule has 0 bridgehead atoms. The van der Waals surface area contributed by atoms with Gasteiger partial charge in [-0.2, -0.15) is 0 Å². The Bertz CT molecular complexity index is 735. The molecule has 0 spiro atoms. The average Bonchev–Trinajstić information content (AvgIpc) is 2.53. The quantitative estimate of drug-likeness (QED) is 0.689. The molecule has 0 saturated carbocycles. The van der Waals surface area contributed by atoms with Gasteiger partial charge in [0.2, 0.25) is 0 Å². The number of fused-ring (bicyclic) bond motifs is 2. The number of hydrogen-bond acceptors (Lipinski definition) is 1. The van der Waals surface area contributed by atoms with Gasteiger partial charge in [-0.05, 0) is 47.9 Å². The van der Waals surface area contributed by atoms with Crippen molar-refractivity contribution in [1.82, 2.24) is 0 Å². The summed E-state index contributed by atoms with van der Waals surface area (Å²) in [7, 11) is 0. The van der Waals surface area contributed by atoms with Gasteiger partial charge in [-0.15, -0.1) is 0 Å². The van der Waals surface area contributed by atoms with E-state index in [1.807, 2.05) is 0 Å². The van der Waals surface area contributed by atoms with Crippen molar-refractivity contribution in [3.63, 3.8) is 0 Å². The Kier molecular flexibility index (Phi) is 2.56. The highest BCUT2D eigenvalue weighted by molar-refractivity contribution is 5.86. The van der Waals surface area contributed by atoms with E-state index in [-0.39, 0.29) is 0 Å². The zero-order valence-corrected chi connectivity index (χ0v) is 11.2. The molecule has 20 heavy (non-hydrogen) atoms. The lowest BCUT2D eigenvalue weighted by Gasteiger charge is -2.34. The Hall–Kier alpha value is -2.54. The molecule has 2 aromatic carbocycles. The van der Waals surface area contributed by atoms with Crippen molar-refractivity contribution < 1.29 is 0 Å². The summed E-state index contributed by atoms with van der Waals surface area (Å²) < 4.78 is 0. The fourth-order valence-corrected chi connectivity index (χ4v) is 2.90. The Labute approximate surface area is 119 Å². The number of allylic oxidation sites excluding steroid dienone is 4. The standard InChI is InChI=1S/C19H15N/c1-2-10-17(11-3-1)20-18-12-6-4-8-15(18)14-16-9-5-7-13-19(16)20/h1-8,10-14H,9H2. The van der Waals surface area contributed by atoms with Gasteiger partial charge in [-0.1, -0.05) is 48.6 Å². The molecule has 1 heterocycles. The lowest BCUT2D eigenvalue weighted by Crippen LogP contribution is -2.22. The van der Waals surface area contributed by atoms with Crippen LogP contribution in [0.3, 0.4) is 0 Å². The molecule has 1 nitrogen and oxygen atoms in total. The second-order valence-electron chi connectivity index (χ2n) is 5.08. The number of benzene rings is 2. The number of rotatable bonds is 1. The first-order chi connectivity index (χ1) is 9.93. The molecular formula is C19H15N. The predicted octanol–water partition coefficient (Wildman–Crippen LogP) is 5.07. The van der Waals surface area contributed by atoms with Crippen molar-refractivity contribution >= 4 is 17.5 Å². The van der Waals surface area contributed by atoms with Crippen LogP contribution in [0.1, 0.15) is 12.0 Å². The molecule has 1 aliphatic heterocycles. The first kappa shape index (κ1) is 11.3. The maximum Gasteiger partial charge on any atom is 0.0534 e. The van der Waals surface area contributed by atoms with Crippen LogP contribution >= 0.6 is 0 Å². The van der Waals surface area contributed by atoms with Crippen LogP contribution in [0.2, 0.25) is 0 Å². The maximum atomic E-state index is 2.36. The Morgan fingerprint density at radius 2 is 1.65 bits per heavy atom. The monoisotopic (exact) mass is 257 g/mol. The van der Waals surface area contributed by atoms with Gasteiger partial charge < -0.3 is 4.90 Å². The highest BCUT2D eigenvalue weighted by Gasteiger charge is 2.24. The van der Waals surface area contributed by atoms with E-state index in [1.165, 1.54) is 28.2 Å². The molecule has 0 aromatic heterocycles. The Morgan fingerprint density at radius 3 is 2.55 bits per heavy atom. The van der Waals surface area contributed by atoms with E-state index in [9.17, 15) is 0 Å². The number of anilines is 2. The van der Waals surface area contributed by atoms with Gasteiger partial charge in [0.15, 0.2) is 0 Å². The smallest absolute Gasteiger partial charge is 0.0534 e. The molecule has 0 N–H and O–H groups in total. The Morgan fingerprint density at radius 1 is 0.850 bits per heavy atom. The van der Waals surface area contributed by atoms with E-state index in [2.05, 4.69) is 83.8 Å². The van der Waals surface area contributed by atoms with Crippen LogP contribution in [0.4, 0.5) is 11.4 Å². The molecule has 0 amide bonds. The highest BCUT2D eigenvalue weighted by atomic mass is 15.2. The summed E-state index contributed by atoms with van der Waals surface area (Å²) in [5.74, 6) is 0. The molecule has 0 fully saturated rings. The van der Waals surface area contributed by atoms with E-state index in [4.69, 9.17) is 0 Å². The van der Waals surface area contributed by atoms with Gasteiger partial charge in [0.25, 0.3) is 0 Å². The van der Waals surface area contributed by atoms with Crippen LogP contribution in [0, 0.1) is 0 Å². The van der Waals surface area contributed by atoms with E-state index >= 15 is 0 Å². The largest absolute Gasteiger partial charge is 0.310 e. The molecule has 0 saturated heterocycles. The molecule has 0 unspecified atom stereocenters. The summed E-state index contributed by atoms with van der Waals surface area (Å²) in [6.07, 6.45) is 9.88. The summed E-state index contributed by atoms with van der Waals surface area (Å²) in [6, 6.07) is 19.2. The van der Waals surface area contributed by atoms with Crippen LogP contribution in [0.25, 0.3) is 6.08 Å². The lowest BCUT2D eigenvalue weighted by molar-refractivity contribution is 1.08. The fourth-order valence-electron chi connectivity index (χ4n) is 2.90. The molecular weight excluding hydrogens is 242 g/mol. The van der Waals surface area contributed by atoms with Gasteiger partial charge >= 0.3 is 0 Å². The molecule has 96 valence electrons. The summed E-state index contributed by atoms with van der Waals surface area (Å²) in [5.41, 5.74) is 6.43. The van der Waals surface area contributed by atoms with Crippen LogP contribution in [0.15, 0.2) is 84.1 Å². The third-order valence-electron chi connectivity index (χ3n) is 3.82. The Balaban J connectivity index is 1.97. The predicted molar refractivity (Wildman–Crippen MR) is 84.8 cm³/mol. The highest BCUT2D eigenvalue weighted by Crippen LogP contribution is 2.42. The van der Waals surface area contributed by atoms with Crippen molar-refractivity contribution in [3.05, 3.63) is 89.7 Å². The SMILES string of the molecule is C1=CCC2=Cc3ccccc3N(c3ccccc3)C2=C1. The molecule has 2 aromatic rings.